The Morgan fingerprint density at radius 3 is 2.60 bits per heavy atom. The zero-order valence-corrected chi connectivity index (χ0v) is 13.5. The molecule has 0 aliphatic carbocycles. The zero-order chi connectivity index (χ0) is 14.4. The summed E-state index contributed by atoms with van der Waals surface area (Å²) in [4.78, 5) is 0. The quantitative estimate of drug-likeness (QED) is 0.747. The third-order valence-electron chi connectivity index (χ3n) is 3.09. The lowest BCUT2D eigenvalue weighted by Gasteiger charge is -2.11. The van der Waals surface area contributed by atoms with Gasteiger partial charge in [0.1, 0.15) is 11.5 Å². The van der Waals surface area contributed by atoms with Crippen LogP contribution >= 0.6 is 15.9 Å². The second kappa shape index (κ2) is 7.46. The van der Waals surface area contributed by atoms with Crippen molar-refractivity contribution in [2.45, 2.75) is 26.8 Å². The van der Waals surface area contributed by atoms with E-state index >= 15 is 0 Å². The highest BCUT2D eigenvalue weighted by atomic mass is 79.9. The Kier molecular flexibility index (Phi) is 5.62. The number of hydrogen-bond acceptors (Lipinski definition) is 2. The van der Waals surface area contributed by atoms with Crippen molar-refractivity contribution >= 4 is 15.9 Å². The molecule has 106 valence electrons. The molecule has 0 saturated carbocycles. The Hall–Kier alpha value is -1.32. The van der Waals surface area contributed by atoms with E-state index in [0.29, 0.717) is 0 Å². The van der Waals surface area contributed by atoms with Crippen molar-refractivity contribution < 1.29 is 4.74 Å². The van der Waals surface area contributed by atoms with Gasteiger partial charge in [-0.05, 0) is 61.3 Å². The van der Waals surface area contributed by atoms with E-state index in [9.17, 15) is 0 Å². The van der Waals surface area contributed by atoms with E-state index in [1.54, 1.807) is 0 Å². The highest BCUT2D eigenvalue weighted by Gasteiger charge is 2.02. The van der Waals surface area contributed by atoms with Gasteiger partial charge >= 0.3 is 0 Å². The minimum absolute atomic E-state index is 0.843. The fourth-order valence-corrected chi connectivity index (χ4v) is 2.37. The van der Waals surface area contributed by atoms with Gasteiger partial charge in [0.25, 0.3) is 0 Å². The van der Waals surface area contributed by atoms with Gasteiger partial charge in [0.05, 0.1) is 0 Å². The molecule has 1 N–H and O–H groups in total. The fourth-order valence-electron chi connectivity index (χ4n) is 2.00. The summed E-state index contributed by atoms with van der Waals surface area (Å²) in [6, 6.07) is 14.1. The summed E-state index contributed by atoms with van der Waals surface area (Å²) in [7, 11) is 0. The van der Waals surface area contributed by atoms with E-state index in [2.05, 4.69) is 47.2 Å². The number of aryl methyl sites for hydroxylation is 1. The molecule has 2 nitrogen and oxygen atoms in total. The number of halogens is 1. The van der Waals surface area contributed by atoms with Crippen molar-refractivity contribution in [3.8, 4) is 11.5 Å². The normalized spacial score (nSPS) is 10.6. The van der Waals surface area contributed by atoms with Gasteiger partial charge in [-0.15, -0.1) is 0 Å². The SMILES string of the molecule is CCCNCc1ccc(Oc2cccc(Br)c2)cc1C. The predicted octanol–water partition coefficient (Wildman–Crippen LogP) is 5.05. The lowest BCUT2D eigenvalue weighted by atomic mass is 10.1. The van der Waals surface area contributed by atoms with Crippen LogP contribution in [0.25, 0.3) is 0 Å². The Morgan fingerprint density at radius 1 is 1.10 bits per heavy atom. The topological polar surface area (TPSA) is 21.3 Å². The zero-order valence-electron chi connectivity index (χ0n) is 11.9. The smallest absolute Gasteiger partial charge is 0.128 e. The Labute approximate surface area is 129 Å². The maximum atomic E-state index is 5.87. The lowest BCUT2D eigenvalue weighted by molar-refractivity contribution is 0.481. The van der Waals surface area contributed by atoms with E-state index in [1.165, 1.54) is 11.1 Å². The van der Waals surface area contributed by atoms with Gasteiger partial charge in [-0.3, -0.25) is 0 Å². The molecular formula is C17H20BrNO. The third-order valence-corrected chi connectivity index (χ3v) is 3.58. The van der Waals surface area contributed by atoms with E-state index in [4.69, 9.17) is 4.74 Å². The molecule has 2 rings (SSSR count). The van der Waals surface area contributed by atoms with Gasteiger partial charge in [0.15, 0.2) is 0 Å². The molecule has 0 heterocycles. The molecule has 0 aromatic heterocycles. The summed E-state index contributed by atoms with van der Waals surface area (Å²) in [6.45, 7) is 6.26. The molecule has 0 saturated heterocycles. The molecule has 0 bridgehead atoms. The number of ether oxygens (including phenoxy) is 1. The molecule has 0 amide bonds. The molecule has 0 atom stereocenters. The minimum atomic E-state index is 0.843. The van der Waals surface area contributed by atoms with Crippen molar-refractivity contribution in [1.82, 2.24) is 5.32 Å². The van der Waals surface area contributed by atoms with Crippen molar-refractivity contribution in [3.63, 3.8) is 0 Å². The summed E-state index contributed by atoms with van der Waals surface area (Å²) in [5.74, 6) is 1.72. The van der Waals surface area contributed by atoms with E-state index in [0.717, 1.165) is 35.5 Å². The van der Waals surface area contributed by atoms with Crippen LogP contribution in [0.2, 0.25) is 0 Å². The molecule has 0 aliphatic rings. The molecule has 2 aromatic rings. The van der Waals surface area contributed by atoms with Crippen LogP contribution in [0.5, 0.6) is 11.5 Å². The molecule has 0 radical (unpaired) electrons. The molecule has 0 unspecified atom stereocenters. The highest BCUT2D eigenvalue weighted by molar-refractivity contribution is 9.10. The fraction of sp³-hybridized carbons (Fsp3) is 0.294. The van der Waals surface area contributed by atoms with E-state index < -0.39 is 0 Å². The Balaban J connectivity index is 2.05. The first-order valence-corrected chi connectivity index (χ1v) is 7.72. The van der Waals surface area contributed by atoms with Crippen LogP contribution in [-0.2, 0) is 6.54 Å². The number of hydrogen-bond donors (Lipinski definition) is 1. The monoisotopic (exact) mass is 333 g/mol. The predicted molar refractivity (Wildman–Crippen MR) is 87.4 cm³/mol. The summed E-state index contributed by atoms with van der Waals surface area (Å²) in [6.07, 6.45) is 1.16. The largest absolute Gasteiger partial charge is 0.457 e. The van der Waals surface area contributed by atoms with Gasteiger partial charge in [0, 0.05) is 11.0 Å². The maximum absolute atomic E-state index is 5.87. The first-order chi connectivity index (χ1) is 9.69. The van der Waals surface area contributed by atoms with Crippen LogP contribution < -0.4 is 10.1 Å². The van der Waals surface area contributed by atoms with Gasteiger partial charge in [-0.25, -0.2) is 0 Å². The van der Waals surface area contributed by atoms with Gasteiger partial charge in [-0.1, -0.05) is 35.0 Å². The van der Waals surface area contributed by atoms with Gasteiger partial charge in [0.2, 0.25) is 0 Å². The third kappa shape index (κ3) is 4.36. The first kappa shape index (κ1) is 15.1. The standard InChI is InChI=1S/C17H20BrNO/c1-3-9-19-12-14-7-8-17(10-13(14)2)20-16-6-4-5-15(18)11-16/h4-8,10-11,19H,3,9,12H2,1-2H3. The summed E-state index contributed by atoms with van der Waals surface area (Å²) >= 11 is 3.45. The van der Waals surface area contributed by atoms with Crippen LogP contribution in [0.4, 0.5) is 0 Å². The molecule has 0 spiro atoms. The van der Waals surface area contributed by atoms with E-state index in [1.807, 2.05) is 30.3 Å². The van der Waals surface area contributed by atoms with Crippen LogP contribution in [-0.4, -0.2) is 6.54 Å². The van der Waals surface area contributed by atoms with Gasteiger partial charge < -0.3 is 10.1 Å². The minimum Gasteiger partial charge on any atom is -0.457 e. The number of nitrogens with one attached hydrogen (secondary N) is 1. The van der Waals surface area contributed by atoms with Crippen LogP contribution in [0.3, 0.4) is 0 Å². The van der Waals surface area contributed by atoms with Crippen LogP contribution in [0.15, 0.2) is 46.9 Å². The van der Waals surface area contributed by atoms with Crippen LogP contribution in [0, 0.1) is 6.92 Å². The molecule has 3 heteroatoms. The lowest BCUT2D eigenvalue weighted by Crippen LogP contribution is -2.14. The second-order valence-corrected chi connectivity index (χ2v) is 5.74. The van der Waals surface area contributed by atoms with E-state index in [-0.39, 0.29) is 0 Å². The van der Waals surface area contributed by atoms with Crippen LogP contribution in [0.1, 0.15) is 24.5 Å². The first-order valence-electron chi connectivity index (χ1n) is 6.92. The van der Waals surface area contributed by atoms with Crippen molar-refractivity contribution in [2.24, 2.45) is 0 Å². The summed E-state index contributed by atoms with van der Waals surface area (Å²) in [5.41, 5.74) is 2.57. The summed E-state index contributed by atoms with van der Waals surface area (Å²) in [5, 5.41) is 3.42. The molecule has 0 aliphatic heterocycles. The van der Waals surface area contributed by atoms with Crippen molar-refractivity contribution in [3.05, 3.63) is 58.1 Å². The van der Waals surface area contributed by atoms with Crippen molar-refractivity contribution in [1.29, 1.82) is 0 Å². The van der Waals surface area contributed by atoms with Crippen molar-refractivity contribution in [2.75, 3.05) is 6.54 Å². The number of benzene rings is 2. The maximum Gasteiger partial charge on any atom is 0.128 e. The molecule has 0 fully saturated rings. The average molecular weight is 334 g/mol. The summed E-state index contributed by atoms with van der Waals surface area (Å²) < 4.78 is 6.89. The second-order valence-electron chi connectivity index (χ2n) is 4.82. The Morgan fingerprint density at radius 2 is 1.90 bits per heavy atom. The van der Waals surface area contributed by atoms with Gasteiger partial charge in [-0.2, -0.15) is 0 Å². The molecular weight excluding hydrogens is 314 g/mol. The Bertz CT molecular complexity index is 569. The average Bonchev–Trinajstić information content (AvgIpc) is 2.41. The highest BCUT2D eigenvalue weighted by Crippen LogP contribution is 2.26. The molecule has 20 heavy (non-hydrogen) atoms. The molecule has 2 aromatic carbocycles. The number of rotatable bonds is 6.